The minimum Gasteiger partial charge on any atom is -0.468 e. The number of benzene rings is 1. The average Bonchev–Trinajstić information content (AvgIpc) is 2.87. The van der Waals surface area contributed by atoms with Gasteiger partial charge < -0.3 is 4.74 Å². The second kappa shape index (κ2) is 4.77. The molecule has 0 saturated heterocycles. The number of rotatable bonds is 2. The summed E-state index contributed by atoms with van der Waals surface area (Å²) < 4.78 is 18.4. The molecule has 4 heteroatoms. The Hall–Kier alpha value is -1.89. The van der Waals surface area contributed by atoms with E-state index < -0.39 is 11.2 Å². The molecule has 0 aromatic heterocycles. The average molecular weight is 247 g/mol. The Morgan fingerprint density at radius 1 is 1.39 bits per heavy atom. The van der Waals surface area contributed by atoms with Crippen LogP contribution in [0.2, 0.25) is 0 Å². The number of ether oxygens (including phenoxy) is 1. The lowest BCUT2D eigenvalue weighted by Crippen LogP contribution is -2.34. The molecule has 0 atom stereocenters. The van der Waals surface area contributed by atoms with Crippen LogP contribution in [0.25, 0.3) is 0 Å². The van der Waals surface area contributed by atoms with Crippen LogP contribution >= 0.6 is 0 Å². The Morgan fingerprint density at radius 3 is 2.61 bits per heavy atom. The molecule has 1 aromatic rings. The van der Waals surface area contributed by atoms with Gasteiger partial charge in [0.15, 0.2) is 0 Å². The van der Waals surface area contributed by atoms with Crippen LogP contribution in [0.4, 0.5) is 4.39 Å². The Bertz CT molecular complexity index is 513. The predicted molar refractivity (Wildman–Crippen MR) is 63.3 cm³/mol. The van der Waals surface area contributed by atoms with E-state index in [1.165, 1.54) is 19.2 Å². The Labute approximate surface area is 105 Å². The van der Waals surface area contributed by atoms with Gasteiger partial charge in [0, 0.05) is 0 Å². The number of nitriles is 1. The highest BCUT2D eigenvalue weighted by Gasteiger charge is 2.44. The number of nitrogens with zero attached hydrogens (tertiary/aromatic N) is 1. The number of halogens is 1. The summed E-state index contributed by atoms with van der Waals surface area (Å²) in [6.07, 6.45) is 3.11. The molecule has 1 fully saturated rings. The first-order valence-corrected chi connectivity index (χ1v) is 5.92. The molecule has 94 valence electrons. The van der Waals surface area contributed by atoms with Crippen molar-refractivity contribution in [2.75, 3.05) is 7.11 Å². The van der Waals surface area contributed by atoms with Crippen LogP contribution in [0.1, 0.15) is 36.8 Å². The summed E-state index contributed by atoms with van der Waals surface area (Å²) in [5, 5.41) is 8.88. The lowest BCUT2D eigenvalue weighted by molar-refractivity contribution is -0.147. The van der Waals surface area contributed by atoms with Gasteiger partial charge in [-0.2, -0.15) is 5.26 Å². The van der Waals surface area contributed by atoms with E-state index in [-0.39, 0.29) is 11.5 Å². The van der Waals surface area contributed by atoms with Crippen LogP contribution in [0.3, 0.4) is 0 Å². The third kappa shape index (κ3) is 1.97. The highest BCUT2D eigenvalue weighted by molar-refractivity contribution is 5.83. The molecule has 1 aromatic carbocycles. The largest absolute Gasteiger partial charge is 0.468 e. The molecule has 0 radical (unpaired) electrons. The minimum atomic E-state index is -0.775. The number of hydrogen-bond acceptors (Lipinski definition) is 3. The van der Waals surface area contributed by atoms with Crippen LogP contribution in [0.5, 0.6) is 0 Å². The quantitative estimate of drug-likeness (QED) is 0.755. The van der Waals surface area contributed by atoms with Gasteiger partial charge in [0.2, 0.25) is 0 Å². The summed E-state index contributed by atoms with van der Waals surface area (Å²) in [6.45, 7) is 0. The fourth-order valence-electron chi connectivity index (χ4n) is 2.72. The molecular formula is C14H14FNO2. The maximum absolute atomic E-state index is 13.5. The normalized spacial score (nSPS) is 17.2. The third-order valence-corrected chi connectivity index (χ3v) is 3.61. The predicted octanol–water partition coefficient (Wildman–Crippen LogP) is 2.68. The van der Waals surface area contributed by atoms with Crippen LogP contribution < -0.4 is 0 Å². The van der Waals surface area contributed by atoms with Gasteiger partial charge in [-0.3, -0.25) is 4.79 Å². The summed E-state index contributed by atoms with van der Waals surface area (Å²) in [7, 11) is 1.34. The molecule has 0 amide bonds. The molecule has 2 rings (SSSR count). The first-order valence-electron chi connectivity index (χ1n) is 5.92. The molecule has 1 aliphatic rings. The standard InChI is InChI=1S/C14H14FNO2/c1-18-13(17)14(4-2-3-5-14)11-6-10(9-16)7-12(15)8-11/h6-8H,2-5H2,1H3. The first kappa shape index (κ1) is 12.6. The van der Waals surface area contributed by atoms with Crippen molar-refractivity contribution in [3.05, 3.63) is 35.1 Å². The summed E-state index contributed by atoms with van der Waals surface area (Å²) >= 11 is 0. The zero-order valence-corrected chi connectivity index (χ0v) is 10.2. The molecule has 0 bridgehead atoms. The molecule has 0 heterocycles. The summed E-state index contributed by atoms with van der Waals surface area (Å²) in [6, 6.07) is 6.01. The van der Waals surface area contributed by atoms with E-state index in [0.29, 0.717) is 18.4 Å². The number of carbonyl (C=O) groups excluding carboxylic acids is 1. The molecule has 0 spiro atoms. The van der Waals surface area contributed by atoms with E-state index in [4.69, 9.17) is 10.00 Å². The zero-order chi connectivity index (χ0) is 13.2. The van der Waals surface area contributed by atoms with E-state index in [9.17, 15) is 9.18 Å². The van der Waals surface area contributed by atoms with Crippen molar-refractivity contribution < 1.29 is 13.9 Å². The van der Waals surface area contributed by atoms with E-state index >= 15 is 0 Å². The van der Waals surface area contributed by atoms with Crippen molar-refractivity contribution in [2.45, 2.75) is 31.1 Å². The van der Waals surface area contributed by atoms with Crippen LogP contribution in [-0.2, 0) is 14.9 Å². The maximum atomic E-state index is 13.5. The Morgan fingerprint density at radius 2 is 2.06 bits per heavy atom. The Kier molecular flexibility index (Phi) is 3.33. The highest BCUT2D eigenvalue weighted by atomic mass is 19.1. The minimum absolute atomic E-state index is 0.236. The maximum Gasteiger partial charge on any atom is 0.316 e. The number of methoxy groups -OCH3 is 1. The van der Waals surface area contributed by atoms with Crippen molar-refractivity contribution in [3.63, 3.8) is 0 Å². The fourth-order valence-corrected chi connectivity index (χ4v) is 2.72. The lowest BCUT2D eigenvalue weighted by Gasteiger charge is -2.26. The van der Waals surface area contributed by atoms with Gasteiger partial charge >= 0.3 is 5.97 Å². The van der Waals surface area contributed by atoms with E-state index in [1.807, 2.05) is 6.07 Å². The van der Waals surface area contributed by atoms with Crippen LogP contribution in [-0.4, -0.2) is 13.1 Å². The lowest BCUT2D eigenvalue weighted by atomic mass is 9.78. The van der Waals surface area contributed by atoms with Gasteiger partial charge in [0.1, 0.15) is 5.82 Å². The monoisotopic (exact) mass is 247 g/mol. The second-order valence-corrected chi connectivity index (χ2v) is 4.62. The fraction of sp³-hybridized carbons (Fsp3) is 0.429. The molecular weight excluding hydrogens is 233 g/mol. The first-order chi connectivity index (χ1) is 8.62. The number of carbonyl (C=O) groups is 1. The summed E-state index contributed by atoms with van der Waals surface area (Å²) in [5.41, 5.74) is 0.0196. The molecule has 1 aliphatic carbocycles. The van der Waals surface area contributed by atoms with Gasteiger partial charge in [-0.25, -0.2) is 4.39 Å². The topological polar surface area (TPSA) is 50.1 Å². The molecule has 0 aliphatic heterocycles. The number of esters is 1. The third-order valence-electron chi connectivity index (χ3n) is 3.61. The van der Waals surface area contributed by atoms with Crippen molar-refractivity contribution in [2.24, 2.45) is 0 Å². The second-order valence-electron chi connectivity index (χ2n) is 4.62. The van der Waals surface area contributed by atoms with Gasteiger partial charge in [-0.1, -0.05) is 12.8 Å². The van der Waals surface area contributed by atoms with Crippen molar-refractivity contribution in [3.8, 4) is 6.07 Å². The van der Waals surface area contributed by atoms with Crippen molar-refractivity contribution in [1.82, 2.24) is 0 Å². The zero-order valence-electron chi connectivity index (χ0n) is 10.2. The van der Waals surface area contributed by atoms with Crippen LogP contribution in [0, 0.1) is 17.1 Å². The van der Waals surface area contributed by atoms with E-state index in [2.05, 4.69) is 0 Å². The highest BCUT2D eigenvalue weighted by Crippen LogP contribution is 2.42. The molecule has 18 heavy (non-hydrogen) atoms. The van der Waals surface area contributed by atoms with Crippen molar-refractivity contribution >= 4 is 5.97 Å². The van der Waals surface area contributed by atoms with Gasteiger partial charge in [0.25, 0.3) is 0 Å². The van der Waals surface area contributed by atoms with E-state index in [1.54, 1.807) is 6.07 Å². The number of hydrogen-bond donors (Lipinski definition) is 0. The Balaban J connectivity index is 2.53. The molecule has 3 nitrogen and oxygen atoms in total. The SMILES string of the molecule is COC(=O)C1(c2cc(F)cc(C#N)c2)CCCC1. The molecule has 0 unspecified atom stereocenters. The molecule has 0 N–H and O–H groups in total. The van der Waals surface area contributed by atoms with Crippen molar-refractivity contribution in [1.29, 1.82) is 5.26 Å². The summed E-state index contributed by atoms with van der Waals surface area (Å²) in [4.78, 5) is 12.0. The molecule has 1 saturated carbocycles. The van der Waals surface area contributed by atoms with E-state index in [0.717, 1.165) is 12.8 Å². The van der Waals surface area contributed by atoms with Gasteiger partial charge in [-0.15, -0.1) is 0 Å². The van der Waals surface area contributed by atoms with Gasteiger partial charge in [0.05, 0.1) is 24.2 Å². The van der Waals surface area contributed by atoms with Crippen LogP contribution in [0.15, 0.2) is 18.2 Å². The smallest absolute Gasteiger partial charge is 0.316 e. The van der Waals surface area contributed by atoms with Gasteiger partial charge in [-0.05, 0) is 36.6 Å². The summed E-state index contributed by atoms with van der Waals surface area (Å²) in [5.74, 6) is -0.825.